The Kier molecular flexibility index (Phi) is 4.91. The molecular formula is C24H26N2O5. The molecule has 6 atom stereocenters. The summed E-state index contributed by atoms with van der Waals surface area (Å²) in [6.07, 6.45) is 6.22. The van der Waals surface area contributed by atoms with Gasteiger partial charge in [0, 0.05) is 18.7 Å². The van der Waals surface area contributed by atoms with Gasteiger partial charge < -0.3 is 10.1 Å². The first-order chi connectivity index (χ1) is 15.0. The Hall–Kier alpha value is -2.96. The predicted octanol–water partition coefficient (Wildman–Crippen LogP) is 2.64. The molecule has 7 nitrogen and oxygen atoms in total. The topological polar surface area (TPSA) is 92.8 Å². The van der Waals surface area contributed by atoms with Crippen LogP contribution in [0.25, 0.3) is 0 Å². The third-order valence-electron chi connectivity index (χ3n) is 7.16. The summed E-state index contributed by atoms with van der Waals surface area (Å²) in [6.45, 7) is 2.39. The van der Waals surface area contributed by atoms with Crippen LogP contribution in [0.2, 0.25) is 0 Å². The number of carbonyl (C=O) groups excluding carboxylic acids is 4. The fourth-order valence-corrected chi connectivity index (χ4v) is 5.64. The molecule has 0 radical (unpaired) electrons. The van der Waals surface area contributed by atoms with Crippen LogP contribution in [0.15, 0.2) is 36.4 Å². The number of likely N-dealkylation sites (tertiary alicyclic amines) is 1. The molecule has 3 amide bonds. The average Bonchev–Trinajstić information content (AvgIpc) is 3.56. The second kappa shape index (κ2) is 7.62. The third-order valence-corrected chi connectivity index (χ3v) is 7.16. The summed E-state index contributed by atoms with van der Waals surface area (Å²) >= 11 is 0. The number of benzene rings is 1. The van der Waals surface area contributed by atoms with Gasteiger partial charge in [0.1, 0.15) is 0 Å². The van der Waals surface area contributed by atoms with Crippen molar-refractivity contribution >= 4 is 29.4 Å². The maximum absolute atomic E-state index is 12.9. The zero-order chi connectivity index (χ0) is 21.7. The maximum atomic E-state index is 12.9. The Bertz CT molecular complexity index is 933. The van der Waals surface area contributed by atoms with E-state index >= 15 is 0 Å². The normalized spacial score (nSPS) is 32.0. The Balaban J connectivity index is 1.16. The molecule has 1 aliphatic heterocycles. The lowest BCUT2D eigenvalue weighted by Crippen LogP contribution is -2.40. The Morgan fingerprint density at radius 3 is 2.23 bits per heavy atom. The van der Waals surface area contributed by atoms with Gasteiger partial charge >= 0.3 is 5.97 Å². The highest BCUT2D eigenvalue weighted by Gasteiger charge is 2.66. The smallest absolute Gasteiger partial charge is 0.338 e. The molecule has 162 valence electrons. The SMILES string of the molecule is CCCOC(=O)c1ccc(NC(=O)CCN2C(=O)[C@@H]3[C@H]4C=C[C@H]([C@H]5C[C@H]45)[C@@H]3C2=O)cc1. The minimum atomic E-state index is -0.395. The number of imide groups is 1. The van der Waals surface area contributed by atoms with E-state index in [9.17, 15) is 19.2 Å². The molecule has 3 fully saturated rings. The minimum Gasteiger partial charge on any atom is -0.462 e. The molecule has 1 saturated heterocycles. The highest BCUT2D eigenvalue weighted by molar-refractivity contribution is 6.06. The van der Waals surface area contributed by atoms with Gasteiger partial charge in [0.25, 0.3) is 0 Å². The van der Waals surface area contributed by atoms with Crippen LogP contribution in [0, 0.1) is 35.5 Å². The standard InChI is InChI=1S/C24H26N2O5/c1-2-11-31-24(30)13-3-5-14(6-4-13)25-19(27)9-10-26-22(28)20-15-7-8-16(18-12-17(15)18)21(20)23(26)29/h3-8,15-18,20-21H,2,9-12H2,1H3,(H,25,27)/t15-,16+,17-,18-,20+,21-/m1/s1. The number of anilines is 1. The van der Waals surface area contributed by atoms with Gasteiger partial charge in [-0.05, 0) is 60.8 Å². The summed E-state index contributed by atoms with van der Waals surface area (Å²) < 4.78 is 5.08. The molecule has 0 unspecified atom stereocenters. The van der Waals surface area contributed by atoms with Crippen molar-refractivity contribution in [3.63, 3.8) is 0 Å². The van der Waals surface area contributed by atoms with Crippen LogP contribution in [-0.4, -0.2) is 41.7 Å². The fraction of sp³-hybridized carbons (Fsp3) is 0.500. The molecule has 0 spiro atoms. The molecule has 7 heteroatoms. The Labute approximate surface area is 180 Å². The molecule has 0 aromatic heterocycles. The van der Waals surface area contributed by atoms with Crippen molar-refractivity contribution in [1.29, 1.82) is 0 Å². The summed E-state index contributed by atoms with van der Waals surface area (Å²) in [5, 5.41) is 2.76. The molecule has 4 aliphatic carbocycles. The number of allylic oxidation sites excluding steroid dienone is 2. The Morgan fingerprint density at radius 2 is 1.65 bits per heavy atom. The quantitative estimate of drug-likeness (QED) is 0.414. The largest absolute Gasteiger partial charge is 0.462 e. The lowest BCUT2D eigenvalue weighted by Gasteiger charge is -2.37. The number of hydrogen-bond acceptors (Lipinski definition) is 5. The minimum absolute atomic E-state index is 0.0484. The number of rotatable bonds is 7. The monoisotopic (exact) mass is 422 g/mol. The van der Waals surface area contributed by atoms with Gasteiger partial charge in [-0.25, -0.2) is 4.79 Å². The molecule has 1 heterocycles. The summed E-state index contributed by atoms with van der Waals surface area (Å²) in [6, 6.07) is 6.47. The van der Waals surface area contributed by atoms with Crippen molar-refractivity contribution < 1.29 is 23.9 Å². The van der Waals surface area contributed by atoms with Crippen molar-refractivity contribution in [2.75, 3.05) is 18.5 Å². The predicted molar refractivity (Wildman–Crippen MR) is 112 cm³/mol. The summed E-state index contributed by atoms with van der Waals surface area (Å²) in [7, 11) is 0. The van der Waals surface area contributed by atoms with Gasteiger partial charge in [-0.1, -0.05) is 19.1 Å². The lowest BCUT2D eigenvalue weighted by atomic mass is 9.63. The van der Waals surface area contributed by atoms with Crippen molar-refractivity contribution in [2.45, 2.75) is 26.2 Å². The highest BCUT2D eigenvalue weighted by atomic mass is 16.5. The number of ether oxygens (including phenoxy) is 1. The number of esters is 1. The van der Waals surface area contributed by atoms with Crippen molar-refractivity contribution in [3.8, 4) is 0 Å². The molecule has 31 heavy (non-hydrogen) atoms. The number of nitrogens with one attached hydrogen (secondary N) is 1. The molecule has 2 saturated carbocycles. The van der Waals surface area contributed by atoms with E-state index in [1.165, 1.54) is 4.90 Å². The van der Waals surface area contributed by atoms with Crippen LogP contribution >= 0.6 is 0 Å². The van der Waals surface area contributed by atoms with E-state index in [4.69, 9.17) is 4.74 Å². The van der Waals surface area contributed by atoms with Gasteiger partial charge in [0.2, 0.25) is 17.7 Å². The molecule has 1 N–H and O–H groups in total. The van der Waals surface area contributed by atoms with E-state index in [1.54, 1.807) is 24.3 Å². The van der Waals surface area contributed by atoms with Gasteiger partial charge in [0.05, 0.1) is 24.0 Å². The van der Waals surface area contributed by atoms with Crippen LogP contribution in [0.1, 0.15) is 36.5 Å². The third kappa shape index (κ3) is 3.36. The van der Waals surface area contributed by atoms with Gasteiger partial charge in [-0.3, -0.25) is 19.3 Å². The lowest BCUT2D eigenvalue weighted by molar-refractivity contribution is -0.140. The molecule has 1 aromatic carbocycles. The summed E-state index contributed by atoms with van der Waals surface area (Å²) in [4.78, 5) is 51.4. The summed E-state index contributed by atoms with van der Waals surface area (Å²) in [5.74, 6) is 0.176. The second-order valence-electron chi connectivity index (χ2n) is 8.99. The maximum Gasteiger partial charge on any atom is 0.338 e. The van der Waals surface area contributed by atoms with E-state index in [1.807, 2.05) is 6.92 Å². The first-order valence-electron chi connectivity index (χ1n) is 11.1. The van der Waals surface area contributed by atoms with Crippen molar-refractivity contribution in [3.05, 3.63) is 42.0 Å². The van der Waals surface area contributed by atoms with Crippen LogP contribution in [0.3, 0.4) is 0 Å². The summed E-state index contributed by atoms with van der Waals surface area (Å²) in [5.41, 5.74) is 0.968. The zero-order valence-corrected chi connectivity index (χ0v) is 17.5. The average molecular weight is 422 g/mol. The van der Waals surface area contributed by atoms with Gasteiger partial charge in [-0.2, -0.15) is 0 Å². The van der Waals surface area contributed by atoms with E-state index < -0.39 is 5.97 Å². The van der Waals surface area contributed by atoms with Crippen LogP contribution in [0.4, 0.5) is 5.69 Å². The number of hydrogen-bond donors (Lipinski definition) is 1. The van der Waals surface area contributed by atoms with Crippen LogP contribution < -0.4 is 5.32 Å². The van der Waals surface area contributed by atoms with Crippen molar-refractivity contribution in [1.82, 2.24) is 4.90 Å². The number of carbonyl (C=O) groups is 4. The van der Waals surface area contributed by atoms with Crippen LogP contribution in [-0.2, 0) is 19.1 Å². The fourth-order valence-electron chi connectivity index (χ4n) is 5.64. The Morgan fingerprint density at radius 1 is 1.03 bits per heavy atom. The number of amides is 3. The highest BCUT2D eigenvalue weighted by Crippen LogP contribution is 2.65. The first kappa shape index (κ1) is 20.0. The molecule has 5 aliphatic rings. The van der Waals surface area contributed by atoms with E-state index in [-0.39, 0.29) is 54.4 Å². The number of nitrogens with zero attached hydrogens (tertiary/aromatic N) is 1. The second-order valence-corrected chi connectivity index (χ2v) is 8.99. The van der Waals surface area contributed by atoms with E-state index in [0.29, 0.717) is 29.7 Å². The van der Waals surface area contributed by atoms with E-state index in [0.717, 1.165) is 12.8 Å². The van der Waals surface area contributed by atoms with Gasteiger partial charge in [0.15, 0.2) is 0 Å². The first-order valence-corrected chi connectivity index (χ1v) is 11.1. The molecule has 2 bridgehead atoms. The van der Waals surface area contributed by atoms with E-state index in [2.05, 4.69) is 17.5 Å². The molecule has 6 rings (SSSR count). The van der Waals surface area contributed by atoms with Crippen LogP contribution in [0.5, 0.6) is 0 Å². The molecular weight excluding hydrogens is 396 g/mol. The molecule has 1 aromatic rings. The van der Waals surface area contributed by atoms with Gasteiger partial charge in [-0.15, -0.1) is 0 Å². The zero-order valence-electron chi connectivity index (χ0n) is 17.5. The van der Waals surface area contributed by atoms with Crippen molar-refractivity contribution in [2.24, 2.45) is 35.5 Å².